The Morgan fingerprint density at radius 1 is 1.30 bits per heavy atom. The molecule has 0 aliphatic carbocycles. The highest BCUT2D eigenvalue weighted by molar-refractivity contribution is 7.15. The zero-order valence-electron chi connectivity index (χ0n) is 14.6. The second kappa shape index (κ2) is 8.83. The van der Waals surface area contributed by atoms with E-state index in [1.165, 1.54) is 17.7 Å². The van der Waals surface area contributed by atoms with Gasteiger partial charge in [-0.15, -0.1) is 22.9 Å². The number of ether oxygens (including phenoxy) is 2. The molecule has 27 heavy (non-hydrogen) atoms. The first-order valence-corrected chi connectivity index (χ1v) is 9.47. The summed E-state index contributed by atoms with van der Waals surface area (Å²) in [7, 11) is 1.57. The van der Waals surface area contributed by atoms with Crippen molar-refractivity contribution in [3.8, 4) is 11.5 Å². The van der Waals surface area contributed by atoms with E-state index >= 15 is 0 Å². The number of hydrogen-bond donors (Lipinski definition) is 2. The molecule has 0 bridgehead atoms. The maximum atomic E-state index is 11.0. The summed E-state index contributed by atoms with van der Waals surface area (Å²) in [5.74, 6) is 1.87. The van der Waals surface area contributed by atoms with E-state index in [0.717, 1.165) is 16.7 Å². The minimum atomic E-state index is -0.399. The number of nitrogens with two attached hydrogens (primary N) is 1. The molecule has 0 atom stereocenters. The first kappa shape index (κ1) is 19.1. The van der Waals surface area contributed by atoms with Gasteiger partial charge in [0.1, 0.15) is 12.1 Å². The van der Waals surface area contributed by atoms with Gasteiger partial charge in [0.2, 0.25) is 5.91 Å². The summed E-state index contributed by atoms with van der Waals surface area (Å²) < 4.78 is 11.2. The molecule has 2 heterocycles. The fourth-order valence-corrected chi connectivity index (χ4v) is 3.32. The van der Waals surface area contributed by atoms with Crippen molar-refractivity contribution in [2.75, 3.05) is 24.9 Å². The highest BCUT2D eigenvalue weighted by Crippen LogP contribution is 2.35. The number of carbonyl (C=O) groups excluding carboxylic acids is 1. The predicted octanol–water partition coefficient (Wildman–Crippen LogP) is 2.87. The molecule has 1 amide bonds. The van der Waals surface area contributed by atoms with Gasteiger partial charge in [-0.25, -0.2) is 15.0 Å². The monoisotopic (exact) mass is 407 g/mol. The Morgan fingerprint density at radius 2 is 2.15 bits per heavy atom. The average molecular weight is 408 g/mol. The van der Waals surface area contributed by atoms with Crippen LogP contribution in [-0.4, -0.2) is 40.5 Å². The molecule has 0 spiro atoms. The number of hydrogen-bond acceptors (Lipinski definition) is 8. The fraction of sp³-hybridized carbons (Fsp3) is 0.294. The molecule has 0 fully saturated rings. The third kappa shape index (κ3) is 4.75. The Bertz CT molecular complexity index is 949. The summed E-state index contributed by atoms with van der Waals surface area (Å²) in [5.41, 5.74) is 5.91. The van der Waals surface area contributed by atoms with E-state index in [1.54, 1.807) is 19.4 Å². The summed E-state index contributed by atoms with van der Waals surface area (Å²) in [5, 5.41) is 4.51. The highest BCUT2D eigenvalue weighted by Gasteiger charge is 2.13. The molecule has 0 saturated carbocycles. The minimum absolute atomic E-state index is 0.153. The smallest absolute Gasteiger partial charge is 0.222 e. The number of nitrogens with zero attached hydrogens (tertiary/aromatic N) is 3. The molecule has 10 heteroatoms. The van der Waals surface area contributed by atoms with Gasteiger partial charge in [-0.1, -0.05) is 0 Å². The van der Waals surface area contributed by atoms with Gasteiger partial charge in [-0.05, 0) is 12.5 Å². The van der Waals surface area contributed by atoms with Gasteiger partial charge in [0.15, 0.2) is 16.6 Å². The molecule has 142 valence electrons. The lowest BCUT2D eigenvalue weighted by atomic mass is 10.2. The summed E-state index contributed by atoms with van der Waals surface area (Å²) in [6, 6.07) is 3.61. The number of anilines is 2. The molecular formula is C17H18ClN5O3S. The minimum Gasteiger partial charge on any atom is -0.493 e. The van der Waals surface area contributed by atoms with Gasteiger partial charge in [0, 0.05) is 28.4 Å². The number of carbonyl (C=O) groups is 1. The number of primary amides is 1. The number of aromatic nitrogens is 3. The van der Waals surface area contributed by atoms with Crippen molar-refractivity contribution in [3.63, 3.8) is 0 Å². The molecule has 1 aromatic carbocycles. The third-order valence-corrected chi connectivity index (χ3v) is 4.76. The number of halogens is 1. The van der Waals surface area contributed by atoms with Crippen molar-refractivity contribution < 1.29 is 14.3 Å². The molecule has 0 unspecified atom stereocenters. The lowest BCUT2D eigenvalue weighted by molar-refractivity contribution is -0.117. The van der Waals surface area contributed by atoms with Crippen molar-refractivity contribution in [1.82, 2.24) is 15.0 Å². The number of nitrogens with one attached hydrogen (secondary N) is 1. The van der Waals surface area contributed by atoms with E-state index in [1.807, 2.05) is 6.07 Å². The van der Waals surface area contributed by atoms with E-state index in [2.05, 4.69) is 20.3 Å². The number of rotatable bonds is 9. The Labute approximate surface area is 164 Å². The Morgan fingerprint density at radius 3 is 2.89 bits per heavy atom. The van der Waals surface area contributed by atoms with Crippen LogP contribution in [0.1, 0.15) is 11.3 Å². The summed E-state index contributed by atoms with van der Waals surface area (Å²) >= 11 is 7.03. The molecule has 0 radical (unpaired) electrons. The van der Waals surface area contributed by atoms with E-state index in [-0.39, 0.29) is 6.42 Å². The van der Waals surface area contributed by atoms with Crippen LogP contribution in [0.25, 0.3) is 10.9 Å². The van der Waals surface area contributed by atoms with Gasteiger partial charge in [-0.3, -0.25) is 4.79 Å². The molecular weight excluding hydrogens is 390 g/mol. The van der Waals surface area contributed by atoms with Crippen LogP contribution in [0, 0.1) is 0 Å². The lowest BCUT2D eigenvalue weighted by Gasteiger charge is -2.13. The molecule has 3 rings (SSSR count). The van der Waals surface area contributed by atoms with E-state index < -0.39 is 5.91 Å². The maximum Gasteiger partial charge on any atom is 0.222 e. The molecule has 0 aliphatic rings. The first-order valence-electron chi connectivity index (χ1n) is 8.12. The largest absolute Gasteiger partial charge is 0.493 e. The molecule has 3 N–H and O–H groups in total. The Hall–Kier alpha value is -2.65. The second-order valence-electron chi connectivity index (χ2n) is 5.53. The normalized spacial score (nSPS) is 10.7. The van der Waals surface area contributed by atoms with Crippen LogP contribution in [0.15, 0.2) is 24.7 Å². The zero-order chi connectivity index (χ0) is 19.2. The lowest BCUT2D eigenvalue weighted by Crippen LogP contribution is -2.12. The number of methoxy groups -OCH3 is 1. The summed E-state index contributed by atoms with van der Waals surface area (Å²) in [4.78, 5) is 24.7. The molecule has 0 aliphatic heterocycles. The van der Waals surface area contributed by atoms with Gasteiger partial charge >= 0.3 is 0 Å². The van der Waals surface area contributed by atoms with Crippen molar-refractivity contribution >= 4 is 50.7 Å². The van der Waals surface area contributed by atoms with Crippen LogP contribution in [-0.2, 0) is 11.2 Å². The van der Waals surface area contributed by atoms with Crippen LogP contribution in [0.4, 0.5) is 10.9 Å². The van der Waals surface area contributed by atoms with Crippen molar-refractivity contribution in [2.24, 2.45) is 5.73 Å². The topological polar surface area (TPSA) is 112 Å². The van der Waals surface area contributed by atoms with Crippen molar-refractivity contribution in [1.29, 1.82) is 0 Å². The Balaban J connectivity index is 1.89. The van der Waals surface area contributed by atoms with Crippen LogP contribution >= 0.6 is 22.9 Å². The number of fused-ring (bicyclic) bond motifs is 1. The Kier molecular flexibility index (Phi) is 6.25. The van der Waals surface area contributed by atoms with Gasteiger partial charge in [0.25, 0.3) is 0 Å². The molecule has 2 aromatic heterocycles. The van der Waals surface area contributed by atoms with Crippen LogP contribution in [0.2, 0.25) is 0 Å². The van der Waals surface area contributed by atoms with Gasteiger partial charge < -0.3 is 20.5 Å². The quantitative estimate of drug-likeness (QED) is 0.414. The van der Waals surface area contributed by atoms with E-state index in [0.29, 0.717) is 40.5 Å². The number of thiazole rings is 1. The van der Waals surface area contributed by atoms with Crippen LogP contribution in [0.5, 0.6) is 11.5 Å². The van der Waals surface area contributed by atoms with Crippen LogP contribution in [0.3, 0.4) is 0 Å². The average Bonchev–Trinajstić information content (AvgIpc) is 3.07. The molecule has 0 saturated heterocycles. The summed E-state index contributed by atoms with van der Waals surface area (Å²) in [6.45, 7) is 0.489. The van der Waals surface area contributed by atoms with Crippen molar-refractivity contribution in [2.45, 2.75) is 12.8 Å². The maximum absolute atomic E-state index is 11.0. The first-order chi connectivity index (χ1) is 13.1. The third-order valence-electron chi connectivity index (χ3n) is 3.58. The molecule has 8 nitrogen and oxygen atoms in total. The van der Waals surface area contributed by atoms with Gasteiger partial charge in [0.05, 0.1) is 25.7 Å². The second-order valence-corrected chi connectivity index (χ2v) is 7.03. The van der Waals surface area contributed by atoms with E-state index in [9.17, 15) is 4.79 Å². The zero-order valence-corrected chi connectivity index (χ0v) is 16.1. The van der Waals surface area contributed by atoms with Crippen LogP contribution < -0.4 is 20.5 Å². The predicted molar refractivity (Wildman–Crippen MR) is 105 cm³/mol. The number of amides is 1. The standard InChI is InChI=1S/C17H18ClN5O3S/c1-25-13-6-11-12(7-14(13)26-4-2-3-18)21-9-22-16(11)23-17-20-8-10(27-17)5-15(19)24/h6-9H,2-5H2,1H3,(H2,19,24)(H,20,21,22,23). The highest BCUT2D eigenvalue weighted by atomic mass is 35.5. The fourth-order valence-electron chi connectivity index (χ4n) is 2.39. The summed E-state index contributed by atoms with van der Waals surface area (Å²) in [6.07, 6.45) is 3.96. The number of alkyl halides is 1. The van der Waals surface area contributed by atoms with E-state index in [4.69, 9.17) is 26.8 Å². The van der Waals surface area contributed by atoms with Crippen molar-refractivity contribution in [3.05, 3.63) is 29.5 Å². The number of benzene rings is 1. The SMILES string of the molecule is COc1cc2c(Nc3ncc(CC(N)=O)s3)ncnc2cc1OCCCCl. The molecule has 3 aromatic rings. The van der Waals surface area contributed by atoms with Gasteiger partial charge in [-0.2, -0.15) is 0 Å².